The lowest BCUT2D eigenvalue weighted by atomic mass is 10.00. The monoisotopic (exact) mass is 540 g/mol. The van der Waals surface area contributed by atoms with Crippen molar-refractivity contribution in [2.75, 3.05) is 10.2 Å². The molecule has 0 fully saturated rings. The molecule has 1 N–H and O–H groups in total. The maximum Gasteiger partial charge on any atom is 0.203 e. The van der Waals surface area contributed by atoms with Gasteiger partial charge in [0.2, 0.25) is 5.88 Å². The smallest absolute Gasteiger partial charge is 0.203 e. The molecule has 1 aliphatic rings. The molecule has 0 bridgehead atoms. The molecule has 7 heteroatoms. The third-order valence-electron chi connectivity index (χ3n) is 6.31. The lowest BCUT2D eigenvalue weighted by molar-refractivity contribution is 0.565. The minimum atomic E-state index is -0.261. The highest BCUT2D eigenvalue weighted by molar-refractivity contribution is 9.10. The number of benzene rings is 3. The Bertz CT molecular complexity index is 1500. The Labute approximate surface area is 210 Å². The molecule has 34 heavy (non-hydrogen) atoms. The number of hydrogen-bond acceptors (Lipinski definition) is 4. The highest BCUT2D eigenvalue weighted by atomic mass is 79.9. The van der Waals surface area contributed by atoms with Crippen LogP contribution in [0, 0.1) is 19.7 Å². The number of rotatable bonds is 4. The first-order chi connectivity index (χ1) is 16.2. The molecule has 4 nitrogen and oxygen atoms in total. The molecule has 3 aromatic carbocycles. The summed E-state index contributed by atoms with van der Waals surface area (Å²) < 4.78 is 21.1. The number of hydrogen-bond donors (Lipinski definition) is 1. The van der Waals surface area contributed by atoms with E-state index >= 15 is 0 Å². The van der Waals surface area contributed by atoms with E-state index in [0.717, 1.165) is 32.4 Å². The first-order valence-corrected chi connectivity index (χ1v) is 12.2. The molecule has 4 aromatic rings. The van der Waals surface area contributed by atoms with Crippen molar-refractivity contribution < 1.29 is 8.81 Å². The Morgan fingerprint density at radius 2 is 1.85 bits per heavy atom. The molecule has 1 atom stereocenters. The van der Waals surface area contributed by atoms with Gasteiger partial charge in [-0.3, -0.25) is 4.79 Å². The molecule has 0 saturated heterocycles. The number of halogens is 3. The molecular formula is C27H23BrClFN2O2. The first kappa shape index (κ1) is 22.9. The van der Waals surface area contributed by atoms with Crippen molar-refractivity contribution in [3.8, 4) is 0 Å². The molecule has 2 heterocycles. The lowest BCUT2D eigenvalue weighted by Gasteiger charge is -2.22. The fourth-order valence-electron chi connectivity index (χ4n) is 4.60. The quantitative estimate of drug-likeness (QED) is 0.288. The van der Waals surface area contributed by atoms with Gasteiger partial charge in [0.1, 0.15) is 11.4 Å². The predicted octanol–water partition coefficient (Wildman–Crippen LogP) is 7.66. The van der Waals surface area contributed by atoms with Gasteiger partial charge in [0.15, 0.2) is 5.43 Å². The van der Waals surface area contributed by atoms with Gasteiger partial charge in [-0.25, -0.2) is 4.39 Å². The van der Waals surface area contributed by atoms with Crippen LogP contribution < -0.4 is 15.6 Å². The average Bonchev–Trinajstić information content (AvgIpc) is 3.20. The van der Waals surface area contributed by atoms with Gasteiger partial charge in [0, 0.05) is 33.8 Å². The lowest BCUT2D eigenvalue weighted by Crippen LogP contribution is -2.20. The predicted molar refractivity (Wildman–Crippen MR) is 139 cm³/mol. The highest BCUT2D eigenvalue weighted by Crippen LogP contribution is 2.36. The Morgan fingerprint density at radius 1 is 1.09 bits per heavy atom. The Balaban J connectivity index is 1.59. The molecule has 174 valence electrons. The second-order valence-corrected chi connectivity index (χ2v) is 10.1. The van der Waals surface area contributed by atoms with Gasteiger partial charge in [0.05, 0.1) is 17.0 Å². The van der Waals surface area contributed by atoms with Crippen LogP contribution in [0.25, 0.3) is 11.0 Å². The van der Waals surface area contributed by atoms with Gasteiger partial charge in [0.25, 0.3) is 0 Å². The van der Waals surface area contributed by atoms with Crippen molar-refractivity contribution in [2.45, 2.75) is 39.9 Å². The molecule has 0 amide bonds. The van der Waals surface area contributed by atoms with Crippen molar-refractivity contribution in [3.05, 3.63) is 102 Å². The first-order valence-electron chi connectivity index (χ1n) is 11.0. The zero-order valence-electron chi connectivity index (χ0n) is 19.0. The average molecular weight is 542 g/mol. The molecular weight excluding hydrogens is 519 g/mol. The minimum Gasteiger partial charge on any atom is -0.440 e. The Hall–Kier alpha value is -2.83. The standard InChI is InChI=1S/C27H23BrClFN2O2/c1-14-8-21(16(3)31-24-7-5-19(29)11-23(24)28)26-22(9-14)25(33)15(2)27(34-26)32-12-17-4-6-20(30)10-18(17)13-32/h4-11,16,31H,12-13H2,1-3H3/t16-/m1/s1. The van der Waals surface area contributed by atoms with Crippen LogP contribution in [-0.4, -0.2) is 0 Å². The number of fused-ring (bicyclic) bond motifs is 2. The Kier molecular flexibility index (Phi) is 5.90. The van der Waals surface area contributed by atoms with Crippen LogP contribution in [0.15, 0.2) is 62.2 Å². The maximum absolute atomic E-state index is 13.7. The number of anilines is 2. The highest BCUT2D eigenvalue weighted by Gasteiger charge is 2.26. The van der Waals surface area contributed by atoms with Crippen molar-refractivity contribution in [2.24, 2.45) is 0 Å². The largest absolute Gasteiger partial charge is 0.440 e. The summed E-state index contributed by atoms with van der Waals surface area (Å²) in [5, 5.41) is 4.69. The van der Waals surface area contributed by atoms with E-state index in [-0.39, 0.29) is 17.3 Å². The van der Waals surface area contributed by atoms with Crippen molar-refractivity contribution in [1.82, 2.24) is 0 Å². The van der Waals surface area contributed by atoms with Crippen LogP contribution >= 0.6 is 27.5 Å². The third kappa shape index (κ3) is 4.10. The molecule has 0 spiro atoms. The zero-order valence-corrected chi connectivity index (χ0v) is 21.3. The van der Waals surface area contributed by atoms with E-state index in [0.29, 0.717) is 40.5 Å². The van der Waals surface area contributed by atoms with Crippen LogP contribution in [-0.2, 0) is 13.1 Å². The normalized spacial score (nSPS) is 13.9. The topological polar surface area (TPSA) is 45.5 Å². The summed E-state index contributed by atoms with van der Waals surface area (Å²) in [5.41, 5.74) is 5.76. The van der Waals surface area contributed by atoms with E-state index in [1.54, 1.807) is 19.1 Å². The second kappa shape index (κ2) is 8.75. The van der Waals surface area contributed by atoms with Crippen LogP contribution in [0.2, 0.25) is 5.02 Å². The number of nitrogens with one attached hydrogen (secondary N) is 1. The van der Waals surface area contributed by atoms with Gasteiger partial charge in [-0.05, 0) is 89.8 Å². The summed E-state index contributed by atoms with van der Waals surface area (Å²) in [5.74, 6) is 0.266. The molecule has 1 aliphatic heterocycles. The fraction of sp³-hybridized carbons (Fsp3) is 0.222. The van der Waals surface area contributed by atoms with Gasteiger partial charge >= 0.3 is 0 Å². The van der Waals surface area contributed by atoms with Crippen LogP contribution in [0.5, 0.6) is 0 Å². The molecule has 5 rings (SSSR count). The molecule has 0 unspecified atom stereocenters. The summed E-state index contributed by atoms with van der Waals surface area (Å²) in [7, 11) is 0. The summed E-state index contributed by atoms with van der Waals surface area (Å²) in [6.07, 6.45) is 0. The Morgan fingerprint density at radius 3 is 2.62 bits per heavy atom. The molecule has 1 aromatic heterocycles. The van der Waals surface area contributed by atoms with E-state index in [9.17, 15) is 9.18 Å². The SMILES string of the molecule is Cc1cc([C@@H](C)Nc2ccc(Cl)cc2Br)c2oc(N3Cc4ccc(F)cc4C3)c(C)c(=O)c2c1. The number of nitrogens with zero attached hydrogens (tertiary/aromatic N) is 1. The summed E-state index contributed by atoms with van der Waals surface area (Å²) in [6, 6.07) is 14.1. The van der Waals surface area contributed by atoms with Crippen molar-refractivity contribution >= 4 is 50.1 Å². The van der Waals surface area contributed by atoms with E-state index in [2.05, 4.69) is 21.2 Å². The van der Waals surface area contributed by atoms with Crippen LogP contribution in [0.3, 0.4) is 0 Å². The summed E-state index contributed by atoms with van der Waals surface area (Å²) in [4.78, 5) is 15.4. The van der Waals surface area contributed by atoms with Crippen molar-refractivity contribution in [3.63, 3.8) is 0 Å². The van der Waals surface area contributed by atoms with Gasteiger partial charge in [-0.1, -0.05) is 23.7 Å². The second-order valence-electron chi connectivity index (χ2n) is 8.85. The third-order valence-corrected chi connectivity index (χ3v) is 7.21. The molecule has 0 radical (unpaired) electrons. The summed E-state index contributed by atoms with van der Waals surface area (Å²) in [6.45, 7) is 6.86. The number of aryl methyl sites for hydroxylation is 1. The minimum absolute atomic E-state index is 0.0526. The molecule has 0 saturated carbocycles. The van der Waals surface area contributed by atoms with Gasteiger partial charge in [-0.2, -0.15) is 0 Å². The van der Waals surface area contributed by atoms with E-state index in [4.69, 9.17) is 16.0 Å². The maximum atomic E-state index is 13.7. The molecule has 0 aliphatic carbocycles. The zero-order chi connectivity index (χ0) is 24.1. The van der Waals surface area contributed by atoms with Gasteiger partial charge in [-0.15, -0.1) is 0 Å². The van der Waals surface area contributed by atoms with E-state index in [1.807, 2.05) is 49.1 Å². The summed E-state index contributed by atoms with van der Waals surface area (Å²) >= 11 is 9.65. The van der Waals surface area contributed by atoms with Crippen LogP contribution in [0.4, 0.5) is 16.0 Å². The van der Waals surface area contributed by atoms with E-state index in [1.165, 1.54) is 6.07 Å². The fourth-order valence-corrected chi connectivity index (χ4v) is 5.40. The van der Waals surface area contributed by atoms with Crippen LogP contribution in [0.1, 0.15) is 40.8 Å². The van der Waals surface area contributed by atoms with E-state index < -0.39 is 0 Å². The van der Waals surface area contributed by atoms with Crippen molar-refractivity contribution in [1.29, 1.82) is 0 Å². The van der Waals surface area contributed by atoms with Gasteiger partial charge < -0.3 is 14.6 Å².